The number of ether oxygens (including phenoxy) is 1. The fourth-order valence-electron chi connectivity index (χ4n) is 2.94. The Morgan fingerprint density at radius 1 is 1.25 bits per heavy atom. The first-order valence-corrected chi connectivity index (χ1v) is 11.2. The molecule has 2 N–H and O–H groups in total. The Balaban J connectivity index is 2.23. The molecule has 0 bridgehead atoms. The Morgan fingerprint density at radius 2 is 1.97 bits per heavy atom. The molecular formula is C23H34ClN5O3. The zero-order valence-electron chi connectivity index (χ0n) is 19.6. The summed E-state index contributed by atoms with van der Waals surface area (Å²) in [5.41, 5.74) is 1.24. The van der Waals surface area contributed by atoms with Gasteiger partial charge < -0.3 is 20.3 Å². The van der Waals surface area contributed by atoms with Gasteiger partial charge in [0, 0.05) is 31.7 Å². The predicted octanol–water partition coefficient (Wildman–Crippen LogP) is 4.22. The number of anilines is 1. The highest BCUT2D eigenvalue weighted by Gasteiger charge is 2.23. The molecule has 0 aliphatic rings. The number of benzene rings is 1. The van der Waals surface area contributed by atoms with Crippen molar-refractivity contribution < 1.29 is 14.3 Å². The summed E-state index contributed by atoms with van der Waals surface area (Å²) < 4.78 is 6.72. The zero-order chi connectivity index (χ0) is 23.7. The van der Waals surface area contributed by atoms with Gasteiger partial charge in [0.05, 0.1) is 23.0 Å². The summed E-state index contributed by atoms with van der Waals surface area (Å²) in [6.45, 7) is 9.28. The van der Waals surface area contributed by atoms with Gasteiger partial charge in [-0.25, -0.2) is 9.48 Å². The van der Waals surface area contributed by atoms with E-state index in [-0.39, 0.29) is 23.9 Å². The maximum Gasteiger partial charge on any atom is 0.317 e. The lowest BCUT2D eigenvalue weighted by Crippen LogP contribution is -2.45. The zero-order valence-corrected chi connectivity index (χ0v) is 20.3. The van der Waals surface area contributed by atoms with E-state index >= 15 is 0 Å². The number of unbranched alkanes of at least 4 members (excludes halogenated alkanes) is 1. The number of nitrogens with one attached hydrogen (secondary N) is 2. The van der Waals surface area contributed by atoms with Crippen molar-refractivity contribution in [1.82, 2.24) is 20.0 Å². The van der Waals surface area contributed by atoms with Crippen LogP contribution in [0, 0.1) is 0 Å². The Hall–Kier alpha value is -2.58. The van der Waals surface area contributed by atoms with Gasteiger partial charge in [0.2, 0.25) is 5.91 Å². The van der Waals surface area contributed by atoms with Crippen LogP contribution in [-0.2, 0) is 14.9 Å². The van der Waals surface area contributed by atoms with E-state index < -0.39 is 0 Å². The van der Waals surface area contributed by atoms with Gasteiger partial charge >= 0.3 is 6.03 Å². The Morgan fingerprint density at radius 3 is 2.59 bits per heavy atom. The third-order valence-electron chi connectivity index (χ3n) is 4.82. The van der Waals surface area contributed by atoms with E-state index in [2.05, 4.69) is 22.7 Å². The fraction of sp³-hybridized carbons (Fsp3) is 0.522. The summed E-state index contributed by atoms with van der Waals surface area (Å²) in [4.78, 5) is 26.9. The first-order valence-electron chi connectivity index (χ1n) is 10.8. The maximum atomic E-state index is 12.9. The van der Waals surface area contributed by atoms with Crippen molar-refractivity contribution in [3.05, 3.63) is 41.0 Å². The van der Waals surface area contributed by atoms with Crippen molar-refractivity contribution in [2.75, 3.05) is 38.7 Å². The predicted molar refractivity (Wildman–Crippen MR) is 128 cm³/mol. The summed E-state index contributed by atoms with van der Waals surface area (Å²) in [5.74, 6) is 0.159. The highest BCUT2D eigenvalue weighted by Crippen LogP contribution is 2.29. The SMILES string of the molecule is CCCCNC(=O)N(CCOC)CC(=O)Nc1cc(C(C)(C)C)nn1-c1ccccc1Cl. The number of carbonyl (C=O) groups excluding carboxylic acids is 2. The average molecular weight is 464 g/mol. The Labute approximate surface area is 195 Å². The minimum atomic E-state index is -0.333. The molecule has 0 saturated carbocycles. The molecule has 8 nitrogen and oxygen atoms in total. The van der Waals surface area contributed by atoms with E-state index in [4.69, 9.17) is 16.3 Å². The maximum absolute atomic E-state index is 12.9. The second kappa shape index (κ2) is 11.9. The van der Waals surface area contributed by atoms with Crippen LogP contribution in [0.2, 0.25) is 5.02 Å². The first kappa shape index (κ1) is 25.7. The lowest BCUT2D eigenvalue weighted by Gasteiger charge is -2.22. The molecule has 0 unspecified atom stereocenters. The summed E-state index contributed by atoms with van der Waals surface area (Å²) >= 11 is 6.39. The second-order valence-corrected chi connectivity index (χ2v) is 8.98. The molecule has 2 aromatic rings. The molecule has 0 aliphatic carbocycles. The van der Waals surface area contributed by atoms with Gasteiger partial charge in [-0.1, -0.05) is 57.8 Å². The first-order chi connectivity index (χ1) is 15.2. The van der Waals surface area contributed by atoms with Crippen LogP contribution < -0.4 is 10.6 Å². The molecule has 1 aromatic carbocycles. The number of methoxy groups -OCH3 is 1. The monoisotopic (exact) mass is 463 g/mol. The molecule has 0 fully saturated rings. The highest BCUT2D eigenvalue weighted by atomic mass is 35.5. The number of para-hydroxylation sites is 1. The lowest BCUT2D eigenvalue weighted by atomic mass is 9.92. The number of halogens is 1. The molecule has 0 saturated heterocycles. The summed E-state index contributed by atoms with van der Waals surface area (Å²) in [6, 6.07) is 8.85. The number of amides is 3. The molecule has 1 aromatic heterocycles. The van der Waals surface area contributed by atoms with Gasteiger partial charge in [0.25, 0.3) is 0 Å². The highest BCUT2D eigenvalue weighted by molar-refractivity contribution is 6.32. The summed E-state index contributed by atoms with van der Waals surface area (Å²) in [7, 11) is 1.56. The number of aromatic nitrogens is 2. The van der Waals surface area contributed by atoms with Crippen molar-refractivity contribution >= 4 is 29.4 Å². The number of hydrogen-bond acceptors (Lipinski definition) is 4. The molecule has 0 aliphatic heterocycles. The molecule has 2 rings (SSSR count). The largest absolute Gasteiger partial charge is 0.383 e. The average Bonchev–Trinajstić information content (AvgIpc) is 3.15. The molecule has 0 spiro atoms. The number of hydrogen-bond donors (Lipinski definition) is 2. The van der Waals surface area contributed by atoms with Crippen molar-refractivity contribution in [2.45, 2.75) is 46.0 Å². The molecule has 1 heterocycles. The Kier molecular flexibility index (Phi) is 9.53. The van der Waals surface area contributed by atoms with Crippen LogP contribution in [0.25, 0.3) is 5.69 Å². The van der Waals surface area contributed by atoms with Crippen LogP contribution in [0.15, 0.2) is 30.3 Å². The molecule has 176 valence electrons. The van der Waals surface area contributed by atoms with E-state index in [1.54, 1.807) is 17.9 Å². The van der Waals surface area contributed by atoms with Crippen LogP contribution in [0.1, 0.15) is 46.2 Å². The standard InChI is InChI=1S/C23H34ClN5O3/c1-6-7-12-25-22(31)28(13-14-32-5)16-21(30)26-20-15-19(23(2,3)4)27-29(20)18-11-9-8-10-17(18)24/h8-11,15H,6-7,12-14,16H2,1-5H3,(H,25,31)(H,26,30). The molecule has 32 heavy (non-hydrogen) atoms. The lowest BCUT2D eigenvalue weighted by molar-refractivity contribution is -0.116. The molecule has 9 heteroatoms. The molecular weight excluding hydrogens is 430 g/mol. The van der Waals surface area contributed by atoms with Crippen LogP contribution >= 0.6 is 11.6 Å². The van der Waals surface area contributed by atoms with Crippen LogP contribution in [0.4, 0.5) is 10.6 Å². The third kappa shape index (κ3) is 7.24. The van der Waals surface area contributed by atoms with Gasteiger partial charge in [-0.3, -0.25) is 4.79 Å². The quantitative estimate of drug-likeness (QED) is 0.516. The van der Waals surface area contributed by atoms with Gasteiger partial charge in [0.1, 0.15) is 12.4 Å². The van der Waals surface area contributed by atoms with E-state index in [9.17, 15) is 9.59 Å². The summed E-state index contributed by atoms with van der Waals surface area (Å²) in [5, 5.41) is 10.9. The van der Waals surface area contributed by atoms with E-state index in [1.807, 2.05) is 45.0 Å². The Bertz CT molecular complexity index is 907. The number of urea groups is 1. The van der Waals surface area contributed by atoms with Gasteiger partial charge in [-0.15, -0.1) is 0 Å². The number of carbonyl (C=O) groups is 2. The molecule has 0 atom stereocenters. The van der Waals surface area contributed by atoms with E-state index in [1.165, 1.54) is 4.90 Å². The van der Waals surface area contributed by atoms with Crippen molar-refractivity contribution in [3.8, 4) is 5.69 Å². The van der Waals surface area contributed by atoms with Crippen LogP contribution in [0.5, 0.6) is 0 Å². The normalized spacial score (nSPS) is 11.3. The number of rotatable bonds is 10. The van der Waals surface area contributed by atoms with Gasteiger partial charge in [0.15, 0.2) is 0 Å². The minimum Gasteiger partial charge on any atom is -0.383 e. The van der Waals surface area contributed by atoms with Crippen molar-refractivity contribution in [1.29, 1.82) is 0 Å². The van der Waals surface area contributed by atoms with Crippen molar-refractivity contribution in [3.63, 3.8) is 0 Å². The second-order valence-electron chi connectivity index (χ2n) is 8.58. The van der Waals surface area contributed by atoms with E-state index in [0.29, 0.717) is 36.2 Å². The molecule has 3 amide bonds. The van der Waals surface area contributed by atoms with E-state index in [0.717, 1.165) is 18.5 Å². The third-order valence-corrected chi connectivity index (χ3v) is 5.14. The minimum absolute atomic E-state index is 0.111. The van der Waals surface area contributed by atoms with Crippen LogP contribution in [-0.4, -0.2) is 60.0 Å². The van der Waals surface area contributed by atoms with Crippen LogP contribution in [0.3, 0.4) is 0 Å². The van der Waals surface area contributed by atoms with Gasteiger partial charge in [-0.2, -0.15) is 5.10 Å². The van der Waals surface area contributed by atoms with Gasteiger partial charge in [-0.05, 0) is 18.6 Å². The number of nitrogens with zero attached hydrogens (tertiary/aromatic N) is 3. The van der Waals surface area contributed by atoms with Crippen molar-refractivity contribution in [2.24, 2.45) is 0 Å². The topological polar surface area (TPSA) is 88.5 Å². The smallest absolute Gasteiger partial charge is 0.317 e. The molecule has 0 radical (unpaired) electrons. The summed E-state index contributed by atoms with van der Waals surface area (Å²) in [6.07, 6.45) is 1.85. The fourth-order valence-corrected chi connectivity index (χ4v) is 3.15.